The highest BCUT2D eigenvalue weighted by molar-refractivity contribution is 5.94. The van der Waals surface area contributed by atoms with Crippen molar-refractivity contribution in [3.63, 3.8) is 0 Å². The van der Waals surface area contributed by atoms with Crippen molar-refractivity contribution in [1.82, 2.24) is 29.9 Å². The maximum Gasteiger partial charge on any atom is 0.416 e. The molecule has 3 aromatic rings. The smallest absolute Gasteiger partial charge is 0.352 e. The Morgan fingerprint density at radius 2 is 1.55 bits per heavy atom. The van der Waals surface area contributed by atoms with Gasteiger partial charge in [0.2, 0.25) is 0 Å². The lowest BCUT2D eigenvalue weighted by Crippen LogP contribution is -2.49. The number of benzene rings is 1. The van der Waals surface area contributed by atoms with Gasteiger partial charge in [-0.25, -0.2) is 9.67 Å². The largest absolute Gasteiger partial charge is 0.416 e. The Balaban J connectivity index is 1.37. The molecule has 0 aliphatic carbocycles. The van der Waals surface area contributed by atoms with Gasteiger partial charge in [0.1, 0.15) is 12.7 Å². The third kappa shape index (κ3) is 4.03. The summed E-state index contributed by atoms with van der Waals surface area (Å²) < 4.78 is 39.5. The van der Waals surface area contributed by atoms with Crippen LogP contribution in [-0.2, 0) is 6.18 Å². The molecule has 3 heterocycles. The van der Waals surface area contributed by atoms with Crippen molar-refractivity contribution in [2.75, 3.05) is 31.1 Å². The molecule has 4 rings (SSSR count). The minimum atomic E-state index is -4.42. The molecule has 1 fully saturated rings. The Morgan fingerprint density at radius 1 is 0.897 bits per heavy atom. The fraction of sp³-hybridized carbons (Fsp3) is 0.278. The van der Waals surface area contributed by atoms with E-state index in [1.54, 1.807) is 11.0 Å². The number of hydrogen-bond acceptors (Lipinski definition) is 6. The number of anilines is 1. The van der Waals surface area contributed by atoms with Gasteiger partial charge in [-0.15, -0.1) is 10.2 Å². The van der Waals surface area contributed by atoms with Crippen LogP contribution < -0.4 is 4.90 Å². The summed E-state index contributed by atoms with van der Waals surface area (Å²) in [7, 11) is 0. The molecule has 0 radical (unpaired) electrons. The van der Waals surface area contributed by atoms with E-state index in [2.05, 4.69) is 20.3 Å². The van der Waals surface area contributed by atoms with Crippen LogP contribution in [0.1, 0.15) is 15.9 Å². The van der Waals surface area contributed by atoms with Gasteiger partial charge in [0.15, 0.2) is 11.6 Å². The summed E-state index contributed by atoms with van der Waals surface area (Å²) in [6, 6.07) is 7.87. The molecule has 1 amide bonds. The first-order chi connectivity index (χ1) is 13.9. The summed E-state index contributed by atoms with van der Waals surface area (Å²) in [5.74, 6) is 0.934. The summed E-state index contributed by atoms with van der Waals surface area (Å²) in [6.45, 7) is 1.96. The second-order valence-electron chi connectivity index (χ2n) is 6.44. The average molecular weight is 403 g/mol. The van der Waals surface area contributed by atoms with E-state index in [4.69, 9.17) is 0 Å². The molecule has 2 aromatic heterocycles. The first-order valence-corrected chi connectivity index (χ1v) is 8.82. The van der Waals surface area contributed by atoms with Crippen molar-refractivity contribution >= 4 is 11.7 Å². The third-order valence-electron chi connectivity index (χ3n) is 4.64. The van der Waals surface area contributed by atoms with Crippen molar-refractivity contribution in [3.05, 3.63) is 60.2 Å². The number of halogens is 3. The van der Waals surface area contributed by atoms with E-state index in [-0.39, 0.29) is 11.5 Å². The monoisotopic (exact) mass is 403 g/mol. The molecule has 0 spiro atoms. The molecule has 29 heavy (non-hydrogen) atoms. The number of carbonyl (C=O) groups is 1. The Labute approximate surface area is 163 Å². The quantitative estimate of drug-likeness (QED) is 0.666. The van der Waals surface area contributed by atoms with Crippen molar-refractivity contribution in [1.29, 1.82) is 0 Å². The van der Waals surface area contributed by atoms with Gasteiger partial charge in [0.05, 0.1) is 5.56 Å². The maximum absolute atomic E-state index is 12.7. The zero-order valence-corrected chi connectivity index (χ0v) is 15.1. The van der Waals surface area contributed by atoms with Gasteiger partial charge in [0, 0.05) is 31.7 Å². The highest BCUT2D eigenvalue weighted by Crippen LogP contribution is 2.29. The van der Waals surface area contributed by atoms with Crippen molar-refractivity contribution < 1.29 is 18.0 Å². The molecular formula is C18H16F3N7O. The predicted octanol–water partition coefficient (Wildman–Crippen LogP) is 2.04. The standard InChI is InChI=1S/C18H16F3N7O/c19-18(20,21)14-3-1-13(2-4-14)17(29)27-9-7-26(8-10-27)15-5-6-16(25-24-15)28-12-22-11-23-28/h1-6,11-12H,7-10H2. The van der Waals surface area contributed by atoms with Gasteiger partial charge < -0.3 is 9.80 Å². The van der Waals surface area contributed by atoms with Gasteiger partial charge in [-0.1, -0.05) is 0 Å². The SMILES string of the molecule is O=C(c1ccc(C(F)(F)F)cc1)N1CCN(c2ccc(-n3cncn3)nn2)CC1. The topological polar surface area (TPSA) is 80.0 Å². The molecule has 1 aliphatic rings. The molecule has 8 nitrogen and oxygen atoms in total. The fourth-order valence-corrected chi connectivity index (χ4v) is 3.06. The number of piperazine rings is 1. The minimum Gasteiger partial charge on any atom is -0.352 e. The Morgan fingerprint density at radius 3 is 2.10 bits per heavy atom. The molecule has 0 bridgehead atoms. The first-order valence-electron chi connectivity index (χ1n) is 8.82. The summed E-state index contributed by atoms with van der Waals surface area (Å²) in [5, 5.41) is 12.3. The van der Waals surface area contributed by atoms with E-state index in [0.29, 0.717) is 37.8 Å². The van der Waals surface area contributed by atoms with E-state index < -0.39 is 11.7 Å². The van der Waals surface area contributed by atoms with Crippen LogP contribution in [-0.4, -0.2) is 61.9 Å². The van der Waals surface area contributed by atoms with Gasteiger partial charge in [-0.3, -0.25) is 4.79 Å². The van der Waals surface area contributed by atoms with Gasteiger partial charge >= 0.3 is 6.18 Å². The van der Waals surface area contributed by atoms with Crippen LogP contribution in [0.15, 0.2) is 49.1 Å². The molecule has 0 unspecified atom stereocenters. The van der Waals surface area contributed by atoms with Crippen LogP contribution in [0.25, 0.3) is 5.82 Å². The van der Waals surface area contributed by atoms with Crippen molar-refractivity contribution in [3.8, 4) is 5.82 Å². The lowest BCUT2D eigenvalue weighted by Gasteiger charge is -2.35. The van der Waals surface area contributed by atoms with E-state index in [1.165, 1.54) is 29.5 Å². The Bertz CT molecular complexity index is 964. The molecule has 0 atom stereocenters. The van der Waals surface area contributed by atoms with Crippen molar-refractivity contribution in [2.45, 2.75) is 6.18 Å². The summed E-state index contributed by atoms with van der Waals surface area (Å²) in [5.41, 5.74) is -0.532. The van der Waals surface area contributed by atoms with Crippen LogP contribution in [0.5, 0.6) is 0 Å². The van der Waals surface area contributed by atoms with Gasteiger partial charge in [-0.05, 0) is 36.4 Å². The highest BCUT2D eigenvalue weighted by atomic mass is 19.4. The first kappa shape index (κ1) is 18.8. The number of carbonyl (C=O) groups excluding carboxylic acids is 1. The third-order valence-corrected chi connectivity index (χ3v) is 4.64. The molecular weight excluding hydrogens is 387 g/mol. The zero-order valence-electron chi connectivity index (χ0n) is 15.1. The fourth-order valence-electron chi connectivity index (χ4n) is 3.06. The van der Waals surface area contributed by atoms with Gasteiger partial charge in [0.25, 0.3) is 5.91 Å². The number of alkyl halides is 3. The second-order valence-corrected chi connectivity index (χ2v) is 6.44. The second kappa shape index (κ2) is 7.49. The molecule has 0 saturated carbocycles. The van der Waals surface area contributed by atoms with E-state index >= 15 is 0 Å². The van der Waals surface area contributed by atoms with E-state index in [0.717, 1.165) is 12.1 Å². The number of aromatic nitrogens is 5. The normalized spacial score (nSPS) is 14.9. The molecule has 0 N–H and O–H groups in total. The Kier molecular flexibility index (Phi) is 4.87. The summed E-state index contributed by atoms with van der Waals surface area (Å²) in [6.07, 6.45) is -1.49. The van der Waals surface area contributed by atoms with Crippen LogP contribution >= 0.6 is 0 Å². The lowest BCUT2D eigenvalue weighted by molar-refractivity contribution is -0.137. The molecule has 11 heteroatoms. The molecule has 1 aromatic carbocycles. The summed E-state index contributed by atoms with van der Waals surface area (Å²) >= 11 is 0. The average Bonchev–Trinajstić information content (AvgIpc) is 3.28. The van der Waals surface area contributed by atoms with Crippen LogP contribution in [0, 0.1) is 0 Å². The predicted molar refractivity (Wildman–Crippen MR) is 96.5 cm³/mol. The van der Waals surface area contributed by atoms with Gasteiger partial charge in [-0.2, -0.15) is 18.3 Å². The van der Waals surface area contributed by atoms with Crippen LogP contribution in [0.3, 0.4) is 0 Å². The number of hydrogen-bond donors (Lipinski definition) is 0. The minimum absolute atomic E-state index is 0.239. The maximum atomic E-state index is 12.7. The number of rotatable bonds is 3. The lowest BCUT2D eigenvalue weighted by atomic mass is 10.1. The summed E-state index contributed by atoms with van der Waals surface area (Å²) in [4.78, 5) is 20.0. The van der Waals surface area contributed by atoms with E-state index in [1.807, 2.05) is 11.0 Å². The molecule has 1 aliphatic heterocycles. The highest BCUT2D eigenvalue weighted by Gasteiger charge is 2.30. The van der Waals surface area contributed by atoms with Crippen molar-refractivity contribution in [2.24, 2.45) is 0 Å². The number of nitrogens with zero attached hydrogens (tertiary/aromatic N) is 7. The Hall–Kier alpha value is -3.50. The zero-order chi connectivity index (χ0) is 20.4. The molecule has 1 saturated heterocycles. The van der Waals surface area contributed by atoms with E-state index in [9.17, 15) is 18.0 Å². The van der Waals surface area contributed by atoms with Crippen LogP contribution in [0.2, 0.25) is 0 Å². The van der Waals surface area contributed by atoms with Crippen LogP contribution in [0.4, 0.5) is 19.0 Å². The molecule has 150 valence electrons. The number of amides is 1.